The first kappa shape index (κ1) is 23.8. The number of benzene rings is 2. The summed E-state index contributed by atoms with van der Waals surface area (Å²) in [6, 6.07) is 22.3. The number of allylic oxidation sites excluding steroid dienone is 1. The Morgan fingerprint density at radius 3 is 2.19 bits per heavy atom. The predicted octanol–water partition coefficient (Wildman–Crippen LogP) is 5.65. The molecular formula is C30H33N5O. The zero-order valence-electron chi connectivity index (χ0n) is 21.4. The SMILES string of the molecule is CN(C)c1ccc(/C=C2\CCCC3C2=NN(C(=O)c2ccccn2)C3c2ccc(N(C)C)cc2)cc1. The van der Waals surface area contributed by atoms with Crippen LogP contribution in [0.2, 0.25) is 0 Å². The number of carbonyl (C=O) groups excluding carboxylic acids is 1. The van der Waals surface area contributed by atoms with Crippen LogP contribution in [0.25, 0.3) is 6.08 Å². The van der Waals surface area contributed by atoms with Crippen LogP contribution in [0.3, 0.4) is 0 Å². The number of hydrogen-bond acceptors (Lipinski definition) is 5. The molecule has 0 saturated heterocycles. The highest BCUT2D eigenvalue weighted by Gasteiger charge is 2.44. The molecule has 2 unspecified atom stereocenters. The number of carbonyl (C=O) groups is 1. The lowest BCUT2D eigenvalue weighted by atomic mass is 9.77. The normalized spacial score (nSPS) is 20.2. The second kappa shape index (κ2) is 9.97. The highest BCUT2D eigenvalue weighted by molar-refractivity contribution is 6.09. The quantitative estimate of drug-likeness (QED) is 0.475. The van der Waals surface area contributed by atoms with Gasteiger partial charge in [-0.3, -0.25) is 9.78 Å². The van der Waals surface area contributed by atoms with E-state index in [0.717, 1.165) is 41.8 Å². The Morgan fingerprint density at radius 2 is 1.58 bits per heavy atom. The number of anilines is 2. The van der Waals surface area contributed by atoms with Crippen LogP contribution in [0.15, 0.2) is 83.6 Å². The number of nitrogens with zero attached hydrogens (tertiary/aromatic N) is 5. The first-order chi connectivity index (χ1) is 17.4. The highest BCUT2D eigenvalue weighted by Crippen LogP contribution is 2.45. The maximum Gasteiger partial charge on any atom is 0.293 e. The second-order valence-corrected chi connectivity index (χ2v) is 9.93. The van der Waals surface area contributed by atoms with Gasteiger partial charge in [0.15, 0.2) is 0 Å². The predicted molar refractivity (Wildman–Crippen MR) is 147 cm³/mol. The molecule has 1 aliphatic heterocycles. The molecule has 1 fully saturated rings. The first-order valence-electron chi connectivity index (χ1n) is 12.5. The molecule has 3 aromatic rings. The van der Waals surface area contributed by atoms with Crippen molar-refractivity contribution >= 4 is 29.1 Å². The van der Waals surface area contributed by atoms with Gasteiger partial charge in [-0.05, 0) is 78.4 Å². The van der Waals surface area contributed by atoms with E-state index in [0.29, 0.717) is 5.69 Å². The highest BCUT2D eigenvalue weighted by atomic mass is 16.2. The van der Waals surface area contributed by atoms with Crippen molar-refractivity contribution in [3.63, 3.8) is 0 Å². The monoisotopic (exact) mass is 479 g/mol. The van der Waals surface area contributed by atoms with Crippen molar-refractivity contribution in [3.8, 4) is 0 Å². The molecule has 2 atom stereocenters. The molecule has 0 N–H and O–H groups in total. The summed E-state index contributed by atoms with van der Waals surface area (Å²) in [5.74, 6) is -0.00205. The molecule has 1 saturated carbocycles. The average molecular weight is 480 g/mol. The molecule has 1 amide bonds. The zero-order chi connectivity index (χ0) is 25.2. The van der Waals surface area contributed by atoms with Gasteiger partial charge in [0.05, 0.1) is 11.8 Å². The molecule has 2 heterocycles. The van der Waals surface area contributed by atoms with Crippen LogP contribution in [0.4, 0.5) is 11.4 Å². The number of aromatic nitrogens is 1. The van der Waals surface area contributed by atoms with Gasteiger partial charge in [-0.2, -0.15) is 5.10 Å². The Morgan fingerprint density at radius 1 is 0.917 bits per heavy atom. The fraction of sp³-hybridized carbons (Fsp3) is 0.300. The van der Waals surface area contributed by atoms with Crippen LogP contribution in [0.1, 0.15) is 46.9 Å². The number of amides is 1. The van der Waals surface area contributed by atoms with Crippen LogP contribution in [-0.2, 0) is 0 Å². The van der Waals surface area contributed by atoms with Gasteiger partial charge in [0.1, 0.15) is 5.69 Å². The average Bonchev–Trinajstić information content (AvgIpc) is 3.30. The summed E-state index contributed by atoms with van der Waals surface area (Å²) < 4.78 is 0. The molecule has 2 aromatic carbocycles. The Kier molecular flexibility index (Phi) is 6.59. The molecule has 0 bridgehead atoms. The van der Waals surface area contributed by atoms with E-state index in [4.69, 9.17) is 5.10 Å². The van der Waals surface area contributed by atoms with E-state index in [1.165, 1.54) is 11.3 Å². The molecule has 0 radical (unpaired) electrons. The largest absolute Gasteiger partial charge is 0.378 e. The minimum Gasteiger partial charge on any atom is -0.378 e. The summed E-state index contributed by atoms with van der Waals surface area (Å²) in [5, 5.41) is 6.68. The smallest absolute Gasteiger partial charge is 0.293 e. The third-order valence-electron chi connectivity index (χ3n) is 7.10. The van der Waals surface area contributed by atoms with Crippen molar-refractivity contribution in [2.24, 2.45) is 11.0 Å². The van der Waals surface area contributed by atoms with Crippen LogP contribution in [0.5, 0.6) is 0 Å². The molecule has 184 valence electrons. The lowest BCUT2D eigenvalue weighted by Gasteiger charge is -2.30. The van der Waals surface area contributed by atoms with Gasteiger partial charge in [0, 0.05) is 51.7 Å². The third-order valence-corrected chi connectivity index (χ3v) is 7.10. The van der Waals surface area contributed by atoms with Gasteiger partial charge in [0.25, 0.3) is 5.91 Å². The van der Waals surface area contributed by atoms with E-state index >= 15 is 0 Å². The molecule has 2 aliphatic rings. The van der Waals surface area contributed by atoms with Gasteiger partial charge < -0.3 is 9.80 Å². The Balaban J connectivity index is 1.54. The maximum atomic E-state index is 13.6. The maximum absolute atomic E-state index is 13.6. The summed E-state index contributed by atoms with van der Waals surface area (Å²) in [5.41, 5.74) is 7.22. The molecule has 36 heavy (non-hydrogen) atoms. The zero-order valence-corrected chi connectivity index (χ0v) is 21.4. The number of pyridine rings is 1. The number of rotatable bonds is 5. The molecule has 6 heteroatoms. The lowest BCUT2D eigenvalue weighted by Crippen LogP contribution is -2.32. The first-order valence-corrected chi connectivity index (χ1v) is 12.5. The molecule has 6 nitrogen and oxygen atoms in total. The van der Waals surface area contributed by atoms with Crippen LogP contribution >= 0.6 is 0 Å². The van der Waals surface area contributed by atoms with E-state index in [9.17, 15) is 4.79 Å². The van der Waals surface area contributed by atoms with Crippen molar-refractivity contribution in [1.82, 2.24) is 9.99 Å². The van der Waals surface area contributed by atoms with Crippen molar-refractivity contribution in [2.45, 2.75) is 25.3 Å². The number of hydrogen-bond donors (Lipinski definition) is 0. The summed E-state index contributed by atoms with van der Waals surface area (Å²) >= 11 is 0. The second-order valence-electron chi connectivity index (χ2n) is 9.93. The van der Waals surface area contributed by atoms with E-state index in [-0.39, 0.29) is 17.9 Å². The van der Waals surface area contributed by atoms with Crippen molar-refractivity contribution in [2.75, 3.05) is 38.0 Å². The molecule has 5 rings (SSSR count). The fourth-order valence-electron chi connectivity index (χ4n) is 5.15. The van der Waals surface area contributed by atoms with Crippen molar-refractivity contribution in [1.29, 1.82) is 0 Å². The summed E-state index contributed by atoms with van der Waals surface area (Å²) in [4.78, 5) is 22.2. The third kappa shape index (κ3) is 4.63. The van der Waals surface area contributed by atoms with Crippen LogP contribution in [-0.4, -0.2) is 49.8 Å². The summed E-state index contributed by atoms with van der Waals surface area (Å²) in [6.45, 7) is 0. The fourth-order valence-corrected chi connectivity index (χ4v) is 5.15. The minimum atomic E-state index is -0.158. The van der Waals surface area contributed by atoms with Gasteiger partial charge in [-0.15, -0.1) is 0 Å². The Hall–Kier alpha value is -3.93. The van der Waals surface area contributed by atoms with Gasteiger partial charge in [0.2, 0.25) is 0 Å². The van der Waals surface area contributed by atoms with Gasteiger partial charge in [-0.25, -0.2) is 5.01 Å². The lowest BCUT2D eigenvalue weighted by molar-refractivity contribution is 0.0675. The van der Waals surface area contributed by atoms with E-state index in [2.05, 4.69) is 69.4 Å². The topological polar surface area (TPSA) is 52.0 Å². The molecular weight excluding hydrogens is 446 g/mol. The van der Waals surface area contributed by atoms with Crippen molar-refractivity contribution < 1.29 is 4.79 Å². The minimum absolute atomic E-state index is 0.148. The van der Waals surface area contributed by atoms with E-state index < -0.39 is 0 Å². The molecule has 1 aromatic heterocycles. The van der Waals surface area contributed by atoms with Crippen LogP contribution in [0, 0.1) is 5.92 Å². The van der Waals surface area contributed by atoms with Gasteiger partial charge >= 0.3 is 0 Å². The Labute approximate surface area is 213 Å². The summed E-state index contributed by atoms with van der Waals surface area (Å²) in [6.07, 6.45) is 6.94. The Bertz CT molecular complexity index is 1280. The molecule has 1 aliphatic carbocycles. The van der Waals surface area contributed by atoms with Gasteiger partial charge in [-0.1, -0.05) is 30.3 Å². The van der Waals surface area contributed by atoms with Crippen LogP contribution < -0.4 is 9.80 Å². The summed E-state index contributed by atoms with van der Waals surface area (Å²) in [7, 11) is 8.16. The van der Waals surface area contributed by atoms with Crippen molar-refractivity contribution in [3.05, 3.63) is 95.3 Å². The van der Waals surface area contributed by atoms with E-state index in [1.807, 2.05) is 40.3 Å². The standard InChI is InChI=1S/C30H33N5O/c1-33(2)24-15-11-21(12-16-24)20-23-8-7-9-26-28(23)32-35(30(36)27-10-5-6-19-31-27)29(26)22-13-17-25(18-14-22)34(3)4/h5-6,10-20,26,29H,7-9H2,1-4H3/b23-20+. The number of fused-ring (bicyclic) bond motifs is 1. The van der Waals surface area contributed by atoms with E-state index in [1.54, 1.807) is 17.3 Å². The number of hydrazone groups is 1. The molecule has 0 spiro atoms.